The number of hydrogen-bond acceptors (Lipinski definition) is 4. The van der Waals surface area contributed by atoms with Gasteiger partial charge in [0.25, 0.3) is 0 Å². The van der Waals surface area contributed by atoms with E-state index in [4.69, 9.17) is 5.73 Å². The minimum Gasteiger partial charge on any atom is -0.398 e. The van der Waals surface area contributed by atoms with Gasteiger partial charge >= 0.3 is 0 Å². The van der Waals surface area contributed by atoms with Crippen LogP contribution in [-0.4, -0.2) is 20.6 Å². The molecule has 0 saturated carbocycles. The quantitative estimate of drug-likeness (QED) is 0.821. The number of tetrazole rings is 1. The Morgan fingerprint density at radius 1 is 1.30 bits per heavy atom. The van der Waals surface area contributed by atoms with Gasteiger partial charge < -0.3 is 5.73 Å². The van der Waals surface area contributed by atoms with E-state index in [1.165, 1.54) is 12.0 Å². The van der Waals surface area contributed by atoms with Crippen LogP contribution in [0, 0.1) is 5.41 Å². The summed E-state index contributed by atoms with van der Waals surface area (Å²) in [5.41, 5.74) is 10.7. The maximum absolute atomic E-state index is 6.14. The largest absolute Gasteiger partial charge is 0.398 e. The number of nitrogens with two attached hydrogens (primary N) is 1. The minimum absolute atomic E-state index is 0.394. The van der Waals surface area contributed by atoms with Crippen LogP contribution in [0.4, 0.5) is 5.69 Å². The van der Waals surface area contributed by atoms with Gasteiger partial charge in [0.15, 0.2) is 5.82 Å². The first-order chi connectivity index (χ1) is 9.55. The number of benzene rings is 1. The molecule has 0 bridgehead atoms. The summed E-state index contributed by atoms with van der Waals surface area (Å²) in [7, 11) is 0. The number of nitrogens with one attached hydrogen (secondary N) is 1. The zero-order chi connectivity index (χ0) is 14.2. The maximum atomic E-state index is 6.14. The van der Waals surface area contributed by atoms with E-state index < -0.39 is 0 Å². The van der Waals surface area contributed by atoms with Crippen LogP contribution >= 0.6 is 0 Å². The monoisotopic (exact) mass is 269 g/mol. The van der Waals surface area contributed by atoms with Crippen molar-refractivity contribution in [1.82, 2.24) is 20.6 Å². The van der Waals surface area contributed by atoms with Crippen LogP contribution in [0.2, 0.25) is 0 Å². The van der Waals surface area contributed by atoms with Gasteiger partial charge in [0.05, 0.1) is 0 Å². The molecule has 1 aliphatic rings. The summed E-state index contributed by atoms with van der Waals surface area (Å²) in [6.45, 7) is 4.61. The van der Waals surface area contributed by atoms with Gasteiger partial charge in [-0.25, -0.2) is 5.10 Å². The lowest BCUT2D eigenvalue weighted by atomic mass is 9.77. The highest BCUT2D eigenvalue weighted by atomic mass is 15.5. The third kappa shape index (κ3) is 2.43. The molecule has 20 heavy (non-hydrogen) atoms. The predicted molar refractivity (Wildman–Crippen MR) is 79.6 cm³/mol. The highest BCUT2D eigenvalue weighted by molar-refractivity contribution is 5.79. The fourth-order valence-corrected chi connectivity index (χ4v) is 2.58. The Kier molecular flexibility index (Phi) is 3.04. The molecule has 1 heterocycles. The predicted octanol–water partition coefficient (Wildman–Crippen LogP) is 3.04. The Hall–Kier alpha value is -2.17. The first-order valence-electron chi connectivity index (χ1n) is 6.88. The van der Waals surface area contributed by atoms with Crippen molar-refractivity contribution in [2.75, 3.05) is 5.73 Å². The van der Waals surface area contributed by atoms with Gasteiger partial charge in [-0.3, -0.25) is 0 Å². The van der Waals surface area contributed by atoms with Crippen molar-refractivity contribution in [3.63, 3.8) is 0 Å². The summed E-state index contributed by atoms with van der Waals surface area (Å²) in [4.78, 5) is 0. The maximum Gasteiger partial charge on any atom is 0.179 e. The fraction of sp³-hybridized carbons (Fsp3) is 0.400. The summed E-state index contributed by atoms with van der Waals surface area (Å²) in [5.74, 6) is 0.669. The Balaban J connectivity index is 1.98. The van der Waals surface area contributed by atoms with Gasteiger partial charge in [-0.05, 0) is 58.9 Å². The van der Waals surface area contributed by atoms with Crippen molar-refractivity contribution in [3.05, 3.63) is 29.8 Å². The van der Waals surface area contributed by atoms with Gasteiger partial charge in [-0.15, -0.1) is 5.10 Å². The summed E-state index contributed by atoms with van der Waals surface area (Å²) < 4.78 is 0. The van der Waals surface area contributed by atoms with Gasteiger partial charge in [-0.1, -0.05) is 19.9 Å². The van der Waals surface area contributed by atoms with E-state index in [1.54, 1.807) is 0 Å². The van der Waals surface area contributed by atoms with Crippen LogP contribution in [0.5, 0.6) is 0 Å². The molecule has 0 radical (unpaired) electrons. The molecule has 0 saturated heterocycles. The number of H-pyrrole nitrogens is 1. The van der Waals surface area contributed by atoms with Crippen molar-refractivity contribution in [3.8, 4) is 11.4 Å². The summed E-state index contributed by atoms with van der Waals surface area (Å²) in [5, 5.41) is 14.0. The molecule has 0 fully saturated rings. The van der Waals surface area contributed by atoms with Crippen molar-refractivity contribution in [2.45, 2.75) is 33.1 Å². The first kappa shape index (κ1) is 12.8. The molecule has 0 spiro atoms. The second-order valence-electron chi connectivity index (χ2n) is 6.15. The molecule has 1 aliphatic carbocycles. The van der Waals surface area contributed by atoms with Crippen LogP contribution in [0.1, 0.15) is 38.7 Å². The van der Waals surface area contributed by atoms with Crippen LogP contribution in [0.3, 0.4) is 0 Å². The molecular weight excluding hydrogens is 250 g/mol. The zero-order valence-electron chi connectivity index (χ0n) is 11.8. The van der Waals surface area contributed by atoms with Gasteiger partial charge in [0.1, 0.15) is 0 Å². The molecule has 1 aromatic carbocycles. The number of rotatable bonds is 2. The van der Waals surface area contributed by atoms with Crippen molar-refractivity contribution >= 4 is 11.3 Å². The molecule has 5 nitrogen and oxygen atoms in total. The normalized spacial score (nSPS) is 17.8. The summed E-state index contributed by atoms with van der Waals surface area (Å²) in [6.07, 6.45) is 5.66. The average molecular weight is 269 g/mol. The lowest BCUT2D eigenvalue weighted by Gasteiger charge is -2.29. The van der Waals surface area contributed by atoms with Crippen LogP contribution < -0.4 is 5.73 Å². The van der Waals surface area contributed by atoms with Gasteiger partial charge in [-0.2, -0.15) is 0 Å². The molecule has 104 valence electrons. The minimum atomic E-state index is 0.394. The van der Waals surface area contributed by atoms with Crippen molar-refractivity contribution < 1.29 is 0 Å². The van der Waals surface area contributed by atoms with E-state index in [-0.39, 0.29) is 0 Å². The molecule has 0 aliphatic heterocycles. The summed E-state index contributed by atoms with van der Waals surface area (Å²) in [6, 6.07) is 5.93. The number of hydrogen-bond donors (Lipinski definition) is 2. The van der Waals surface area contributed by atoms with Gasteiger partial charge in [0.2, 0.25) is 0 Å². The molecule has 5 heteroatoms. The van der Waals surface area contributed by atoms with Crippen LogP contribution in [0.25, 0.3) is 17.0 Å². The highest BCUT2D eigenvalue weighted by Gasteiger charge is 2.22. The Morgan fingerprint density at radius 2 is 2.15 bits per heavy atom. The second-order valence-corrected chi connectivity index (χ2v) is 6.15. The lowest BCUT2D eigenvalue weighted by molar-refractivity contribution is 0.335. The topological polar surface area (TPSA) is 80.5 Å². The Morgan fingerprint density at radius 3 is 2.80 bits per heavy atom. The van der Waals surface area contributed by atoms with E-state index in [0.717, 1.165) is 29.7 Å². The SMILES string of the molecule is CC1(C)CC=C(c2cc(-c3nnn[nH]3)ccc2N)CC1. The van der Waals surface area contributed by atoms with E-state index in [1.807, 2.05) is 12.1 Å². The lowest BCUT2D eigenvalue weighted by Crippen LogP contribution is -2.14. The van der Waals surface area contributed by atoms with Crippen molar-refractivity contribution in [2.24, 2.45) is 5.41 Å². The smallest absolute Gasteiger partial charge is 0.179 e. The first-order valence-corrected chi connectivity index (χ1v) is 6.88. The molecule has 2 aromatic rings. The molecule has 0 unspecified atom stereocenters. The molecule has 0 amide bonds. The number of aromatic amines is 1. The standard InChI is InChI=1S/C15H19N5/c1-15(2)7-5-10(6-8-15)12-9-11(3-4-13(12)16)14-17-19-20-18-14/h3-5,9H,6-8,16H2,1-2H3,(H,17,18,19,20). The average Bonchev–Trinajstić information content (AvgIpc) is 2.94. The second kappa shape index (κ2) is 4.74. The van der Waals surface area contributed by atoms with E-state index in [2.05, 4.69) is 46.6 Å². The molecule has 3 rings (SSSR count). The van der Waals surface area contributed by atoms with Crippen LogP contribution in [0.15, 0.2) is 24.3 Å². The van der Waals surface area contributed by atoms with E-state index in [0.29, 0.717) is 11.2 Å². The highest BCUT2D eigenvalue weighted by Crippen LogP contribution is 2.39. The Bertz CT molecular complexity index is 640. The molecule has 0 atom stereocenters. The number of allylic oxidation sites excluding steroid dienone is 2. The Labute approximate surface area is 118 Å². The van der Waals surface area contributed by atoms with Gasteiger partial charge in [0, 0.05) is 16.8 Å². The third-order valence-corrected chi connectivity index (χ3v) is 3.99. The number of aromatic nitrogens is 4. The van der Waals surface area contributed by atoms with E-state index >= 15 is 0 Å². The van der Waals surface area contributed by atoms with E-state index in [9.17, 15) is 0 Å². The van der Waals surface area contributed by atoms with Crippen LogP contribution in [-0.2, 0) is 0 Å². The summed E-state index contributed by atoms with van der Waals surface area (Å²) >= 11 is 0. The van der Waals surface area contributed by atoms with Crippen molar-refractivity contribution in [1.29, 1.82) is 0 Å². The third-order valence-electron chi connectivity index (χ3n) is 3.99. The number of anilines is 1. The molecule has 3 N–H and O–H groups in total. The zero-order valence-corrected chi connectivity index (χ0v) is 11.8. The molecular formula is C15H19N5. The number of nitrogen functional groups attached to an aromatic ring is 1. The number of nitrogens with zero attached hydrogens (tertiary/aromatic N) is 3. The molecule has 1 aromatic heterocycles. The fourth-order valence-electron chi connectivity index (χ4n) is 2.58.